The number of aliphatic hydroxyl groups is 1. The minimum Gasteiger partial charge on any atom is -0.507 e. The summed E-state index contributed by atoms with van der Waals surface area (Å²) in [5, 5.41) is 11.4. The van der Waals surface area contributed by atoms with Crippen LogP contribution in [0.15, 0.2) is 70.9 Å². The first-order valence-electron chi connectivity index (χ1n) is 12.0. The molecule has 0 spiro atoms. The Kier molecular flexibility index (Phi) is 6.66. The number of likely N-dealkylation sites (tertiary alicyclic amines) is 1. The van der Waals surface area contributed by atoms with Crippen molar-refractivity contribution in [2.75, 3.05) is 19.8 Å². The predicted octanol–water partition coefficient (Wildman–Crippen LogP) is 4.85. The number of furan rings is 1. The van der Waals surface area contributed by atoms with Gasteiger partial charge in [0.1, 0.15) is 30.5 Å². The number of hydrogen-bond acceptors (Lipinski definition) is 7. The van der Waals surface area contributed by atoms with E-state index in [4.69, 9.17) is 18.6 Å². The summed E-state index contributed by atoms with van der Waals surface area (Å²) in [4.78, 5) is 27.9. The smallest absolute Gasteiger partial charge is 0.296 e. The lowest BCUT2D eigenvalue weighted by Crippen LogP contribution is -2.29. The molecule has 1 amide bonds. The molecule has 2 aromatic carbocycles. The van der Waals surface area contributed by atoms with Crippen molar-refractivity contribution in [1.82, 2.24) is 4.90 Å². The average molecular weight is 490 g/mol. The maximum atomic E-state index is 13.3. The molecule has 1 aromatic heterocycles. The Balaban J connectivity index is 1.59. The van der Waals surface area contributed by atoms with Crippen LogP contribution in [0.5, 0.6) is 17.2 Å². The molecule has 5 rings (SSSR count). The minimum atomic E-state index is -0.835. The molecule has 36 heavy (non-hydrogen) atoms. The van der Waals surface area contributed by atoms with Crippen molar-refractivity contribution in [1.29, 1.82) is 0 Å². The van der Waals surface area contributed by atoms with Gasteiger partial charge in [-0.1, -0.05) is 25.5 Å². The van der Waals surface area contributed by atoms with Gasteiger partial charge in [-0.05, 0) is 54.4 Å². The van der Waals surface area contributed by atoms with Crippen molar-refractivity contribution in [3.8, 4) is 17.2 Å². The molecule has 3 heterocycles. The van der Waals surface area contributed by atoms with Gasteiger partial charge in [0.15, 0.2) is 11.5 Å². The Morgan fingerprint density at radius 3 is 2.67 bits per heavy atom. The largest absolute Gasteiger partial charge is 0.507 e. The molecule has 1 unspecified atom stereocenters. The van der Waals surface area contributed by atoms with Gasteiger partial charge in [0.05, 0.1) is 31.0 Å². The van der Waals surface area contributed by atoms with E-state index < -0.39 is 17.7 Å². The van der Waals surface area contributed by atoms with Gasteiger partial charge in [-0.3, -0.25) is 9.59 Å². The van der Waals surface area contributed by atoms with E-state index in [1.807, 2.05) is 18.2 Å². The second-order valence-electron chi connectivity index (χ2n) is 8.64. The minimum absolute atomic E-state index is 0.00561. The Hall–Kier alpha value is -4.20. The van der Waals surface area contributed by atoms with Crippen LogP contribution in [-0.4, -0.2) is 41.5 Å². The summed E-state index contributed by atoms with van der Waals surface area (Å²) in [5.74, 6) is 0.418. The molecule has 0 bridgehead atoms. The summed E-state index contributed by atoms with van der Waals surface area (Å²) in [6, 6.07) is 14.8. The Bertz CT molecular complexity index is 1290. The van der Waals surface area contributed by atoms with E-state index in [1.165, 1.54) is 11.2 Å². The molecular weight excluding hydrogens is 462 g/mol. The first-order valence-corrected chi connectivity index (χ1v) is 12.0. The van der Waals surface area contributed by atoms with Gasteiger partial charge in [-0.2, -0.15) is 0 Å². The molecule has 2 aliphatic heterocycles. The van der Waals surface area contributed by atoms with Crippen molar-refractivity contribution in [3.63, 3.8) is 0 Å². The molecule has 0 saturated carbocycles. The van der Waals surface area contributed by atoms with E-state index in [9.17, 15) is 14.7 Å². The lowest BCUT2D eigenvalue weighted by Gasteiger charge is -2.25. The quantitative estimate of drug-likeness (QED) is 0.209. The number of benzene rings is 2. The molecule has 3 aromatic rings. The maximum Gasteiger partial charge on any atom is 0.296 e. The molecular formula is C28H27NO7. The van der Waals surface area contributed by atoms with Gasteiger partial charge in [0, 0.05) is 5.56 Å². The third-order valence-corrected chi connectivity index (χ3v) is 6.20. The average Bonchev–Trinajstić information content (AvgIpc) is 3.51. The standard InChI is InChI=1S/C28H27NO7/c1-2-3-11-33-20-7-4-6-18(15-20)25-24(27(31)28(32)29(25)17-21-8-5-12-34-21)26(30)19-9-10-22-23(16-19)36-14-13-35-22/h4-10,12,15-16,25,30H,2-3,11,13-14,17H2,1H3/b26-24-. The number of Topliss-reactive ketones (excluding diaryl/α,β-unsaturated/α-hetero) is 1. The summed E-state index contributed by atoms with van der Waals surface area (Å²) >= 11 is 0. The van der Waals surface area contributed by atoms with Crippen LogP contribution in [0.4, 0.5) is 0 Å². The molecule has 1 N–H and O–H groups in total. The van der Waals surface area contributed by atoms with Crippen molar-refractivity contribution in [2.45, 2.75) is 32.4 Å². The first kappa shape index (κ1) is 23.5. The lowest BCUT2D eigenvalue weighted by molar-refractivity contribution is -0.140. The van der Waals surface area contributed by atoms with Crippen LogP contribution in [0, 0.1) is 0 Å². The molecule has 1 saturated heterocycles. The van der Waals surface area contributed by atoms with E-state index in [0.29, 0.717) is 54.0 Å². The van der Waals surface area contributed by atoms with Crippen molar-refractivity contribution in [2.24, 2.45) is 0 Å². The summed E-state index contributed by atoms with van der Waals surface area (Å²) < 4.78 is 22.5. The number of hydrogen-bond donors (Lipinski definition) is 1. The molecule has 0 aliphatic carbocycles. The molecule has 8 heteroatoms. The van der Waals surface area contributed by atoms with E-state index in [0.717, 1.165) is 12.8 Å². The van der Waals surface area contributed by atoms with Gasteiger partial charge in [0.25, 0.3) is 11.7 Å². The topological polar surface area (TPSA) is 98.4 Å². The lowest BCUT2D eigenvalue weighted by atomic mass is 9.95. The van der Waals surface area contributed by atoms with Crippen LogP contribution in [-0.2, 0) is 16.1 Å². The van der Waals surface area contributed by atoms with Gasteiger partial charge < -0.3 is 28.6 Å². The number of carbonyl (C=O) groups excluding carboxylic acids is 2. The highest BCUT2D eigenvalue weighted by molar-refractivity contribution is 6.46. The van der Waals surface area contributed by atoms with Gasteiger partial charge in [0.2, 0.25) is 0 Å². The normalized spacial score (nSPS) is 18.5. The van der Waals surface area contributed by atoms with Crippen LogP contribution in [0.25, 0.3) is 5.76 Å². The monoisotopic (exact) mass is 489 g/mol. The van der Waals surface area contributed by atoms with Crippen LogP contribution in [0.2, 0.25) is 0 Å². The highest BCUT2D eigenvalue weighted by atomic mass is 16.6. The van der Waals surface area contributed by atoms with Crippen LogP contribution in [0.1, 0.15) is 42.7 Å². The van der Waals surface area contributed by atoms with Crippen molar-refractivity contribution >= 4 is 17.4 Å². The van der Waals surface area contributed by atoms with Crippen molar-refractivity contribution in [3.05, 3.63) is 83.3 Å². The number of aliphatic hydroxyl groups excluding tert-OH is 1. The fourth-order valence-electron chi connectivity index (χ4n) is 4.42. The number of fused-ring (bicyclic) bond motifs is 1. The Labute approximate surface area is 208 Å². The number of ketones is 1. The second-order valence-corrected chi connectivity index (χ2v) is 8.64. The number of ether oxygens (including phenoxy) is 3. The van der Waals surface area contributed by atoms with E-state index in [2.05, 4.69) is 6.92 Å². The number of nitrogens with zero attached hydrogens (tertiary/aromatic N) is 1. The number of unbranched alkanes of at least 4 members (excludes halogenated alkanes) is 1. The van der Waals surface area contributed by atoms with E-state index in [1.54, 1.807) is 36.4 Å². The number of amides is 1. The zero-order chi connectivity index (χ0) is 25.1. The SMILES string of the molecule is CCCCOc1cccc(C2/C(=C(/O)c3ccc4c(c3)OCCO4)C(=O)C(=O)N2Cc2ccco2)c1. The highest BCUT2D eigenvalue weighted by Crippen LogP contribution is 2.42. The molecule has 1 fully saturated rings. The van der Waals surface area contributed by atoms with Gasteiger partial charge in [-0.25, -0.2) is 0 Å². The highest BCUT2D eigenvalue weighted by Gasteiger charge is 2.46. The number of carbonyl (C=O) groups is 2. The number of rotatable bonds is 8. The van der Waals surface area contributed by atoms with Gasteiger partial charge >= 0.3 is 0 Å². The molecule has 8 nitrogen and oxygen atoms in total. The van der Waals surface area contributed by atoms with E-state index in [-0.39, 0.29) is 17.9 Å². The fourth-order valence-corrected chi connectivity index (χ4v) is 4.42. The third-order valence-electron chi connectivity index (χ3n) is 6.20. The molecule has 1 atom stereocenters. The van der Waals surface area contributed by atoms with Crippen LogP contribution in [0.3, 0.4) is 0 Å². The predicted molar refractivity (Wildman–Crippen MR) is 131 cm³/mol. The Morgan fingerprint density at radius 1 is 1.06 bits per heavy atom. The zero-order valence-corrected chi connectivity index (χ0v) is 19.9. The first-order chi connectivity index (χ1) is 17.6. The summed E-state index contributed by atoms with van der Waals surface area (Å²) in [6.45, 7) is 3.53. The molecule has 0 radical (unpaired) electrons. The molecule has 186 valence electrons. The second kappa shape index (κ2) is 10.2. The Morgan fingerprint density at radius 2 is 1.89 bits per heavy atom. The van der Waals surface area contributed by atoms with Crippen molar-refractivity contribution < 1.29 is 33.3 Å². The molecule has 2 aliphatic rings. The van der Waals surface area contributed by atoms with Crippen LogP contribution >= 0.6 is 0 Å². The fraction of sp³-hybridized carbons (Fsp3) is 0.286. The summed E-state index contributed by atoms with van der Waals surface area (Å²) in [5.41, 5.74) is 0.999. The van der Waals surface area contributed by atoms with Crippen LogP contribution < -0.4 is 14.2 Å². The zero-order valence-electron chi connectivity index (χ0n) is 19.9. The maximum absolute atomic E-state index is 13.3. The van der Waals surface area contributed by atoms with Gasteiger partial charge in [-0.15, -0.1) is 0 Å². The third kappa shape index (κ3) is 4.54. The summed E-state index contributed by atoms with van der Waals surface area (Å²) in [6.07, 6.45) is 3.42. The summed E-state index contributed by atoms with van der Waals surface area (Å²) in [7, 11) is 0. The van der Waals surface area contributed by atoms with E-state index >= 15 is 0 Å².